The van der Waals surface area contributed by atoms with E-state index in [9.17, 15) is 4.79 Å². The van der Waals surface area contributed by atoms with Crippen molar-refractivity contribution in [3.8, 4) is 23.0 Å². The number of ether oxygens (including phenoxy) is 4. The van der Waals surface area contributed by atoms with Crippen LogP contribution in [0.2, 0.25) is 0 Å². The Morgan fingerprint density at radius 2 is 0.786 bits per heavy atom. The van der Waals surface area contributed by atoms with Gasteiger partial charge in [0.1, 0.15) is 5.75 Å². The Balaban J connectivity index is 2.07. The minimum absolute atomic E-state index is 0.403. The molecule has 0 aliphatic rings. The molecule has 0 saturated heterocycles. The van der Waals surface area contributed by atoms with Gasteiger partial charge in [-0.05, 0) is 49.1 Å². The van der Waals surface area contributed by atoms with Gasteiger partial charge < -0.3 is 18.9 Å². The molecule has 0 saturated carbocycles. The molecule has 5 nitrogen and oxygen atoms in total. The third kappa shape index (κ3) is 24.6. The predicted molar refractivity (Wildman–Crippen MR) is 240 cm³/mol. The third-order valence-electron chi connectivity index (χ3n) is 10.8. The van der Waals surface area contributed by atoms with E-state index in [1.54, 1.807) is 30.3 Å². The fourth-order valence-corrected chi connectivity index (χ4v) is 7.20. The van der Waals surface area contributed by atoms with E-state index in [0.29, 0.717) is 48.4 Å². The van der Waals surface area contributed by atoms with Gasteiger partial charge in [0.15, 0.2) is 11.5 Å². The Kier molecular flexibility index (Phi) is 31.0. The maximum atomic E-state index is 13.6. The monoisotopic (exact) mass is 777 g/mol. The lowest BCUT2D eigenvalue weighted by Crippen LogP contribution is -2.12. The summed E-state index contributed by atoms with van der Waals surface area (Å²) in [6.07, 6.45) is 39.8. The van der Waals surface area contributed by atoms with Gasteiger partial charge in [0.05, 0.1) is 25.4 Å². The standard InChI is InChI=1S/C51H84O5/c1-5-9-12-15-18-21-24-27-30-33-40-53-48-43-46(51(52)56-47-38-36-45(8-4)37-39-47)44-49(54-41-34-31-28-25-22-19-16-13-10-6-2)50(48)55-42-35-32-29-26-23-20-17-14-11-7-3/h8,36-39,43-44H,4-7,9-35,40-42H2,1-3H3. The molecule has 0 aromatic heterocycles. The van der Waals surface area contributed by atoms with E-state index in [2.05, 4.69) is 27.4 Å². The molecule has 2 aromatic rings. The van der Waals surface area contributed by atoms with Crippen LogP contribution in [-0.4, -0.2) is 25.8 Å². The van der Waals surface area contributed by atoms with E-state index in [0.717, 1.165) is 44.1 Å². The Morgan fingerprint density at radius 3 is 1.12 bits per heavy atom. The van der Waals surface area contributed by atoms with Crippen LogP contribution in [0.1, 0.15) is 229 Å². The summed E-state index contributed by atoms with van der Waals surface area (Å²) in [5, 5.41) is 0. The first kappa shape index (κ1) is 49.2. The van der Waals surface area contributed by atoms with Crippen LogP contribution in [0.15, 0.2) is 43.0 Å². The number of carbonyl (C=O) groups excluding carboxylic acids is 1. The molecule has 0 aliphatic carbocycles. The van der Waals surface area contributed by atoms with E-state index in [-0.39, 0.29) is 0 Å². The molecule has 0 N–H and O–H groups in total. The van der Waals surface area contributed by atoms with Crippen LogP contribution < -0.4 is 18.9 Å². The molecule has 0 amide bonds. The maximum Gasteiger partial charge on any atom is 0.343 e. The first-order chi connectivity index (χ1) is 27.6. The molecule has 0 fully saturated rings. The molecule has 56 heavy (non-hydrogen) atoms. The number of hydrogen-bond acceptors (Lipinski definition) is 5. The minimum atomic E-state index is -0.440. The van der Waals surface area contributed by atoms with Crippen LogP contribution in [0.3, 0.4) is 0 Å². The SMILES string of the molecule is C=Cc1ccc(OC(=O)c2cc(OCCCCCCCCCCCC)c(OCCCCCCCCCCCC)c(OCCCCCCCCCCCC)c2)cc1. The summed E-state index contributed by atoms with van der Waals surface area (Å²) in [4.78, 5) is 13.6. The van der Waals surface area contributed by atoms with Crippen molar-refractivity contribution in [3.05, 3.63) is 54.1 Å². The van der Waals surface area contributed by atoms with Crippen molar-refractivity contribution >= 4 is 12.0 Å². The van der Waals surface area contributed by atoms with Gasteiger partial charge in [0, 0.05) is 0 Å². The van der Waals surface area contributed by atoms with E-state index in [1.807, 2.05) is 12.1 Å². The van der Waals surface area contributed by atoms with Crippen molar-refractivity contribution in [2.24, 2.45) is 0 Å². The lowest BCUT2D eigenvalue weighted by atomic mass is 10.1. The summed E-state index contributed by atoms with van der Waals surface area (Å²) in [5.41, 5.74) is 1.37. The fraction of sp³-hybridized carbons (Fsp3) is 0.706. The predicted octanol–water partition coefficient (Wildman–Crippen LogP) is 16.4. The topological polar surface area (TPSA) is 54.0 Å². The minimum Gasteiger partial charge on any atom is -0.490 e. The van der Waals surface area contributed by atoms with Crippen molar-refractivity contribution in [1.29, 1.82) is 0 Å². The van der Waals surface area contributed by atoms with E-state index in [4.69, 9.17) is 18.9 Å². The molecule has 2 rings (SSSR count). The smallest absolute Gasteiger partial charge is 0.343 e. The summed E-state index contributed by atoms with van der Waals surface area (Å²) in [6, 6.07) is 11.0. The number of carbonyl (C=O) groups is 1. The zero-order valence-electron chi connectivity index (χ0n) is 36.6. The van der Waals surface area contributed by atoms with Gasteiger partial charge in [0.25, 0.3) is 0 Å². The van der Waals surface area contributed by atoms with Gasteiger partial charge in [0.2, 0.25) is 5.75 Å². The average Bonchev–Trinajstić information content (AvgIpc) is 3.21. The molecular formula is C51H84O5. The average molecular weight is 777 g/mol. The van der Waals surface area contributed by atoms with Gasteiger partial charge in [-0.3, -0.25) is 0 Å². The Hall–Kier alpha value is -2.95. The lowest BCUT2D eigenvalue weighted by Gasteiger charge is -2.19. The van der Waals surface area contributed by atoms with Gasteiger partial charge in [-0.1, -0.05) is 219 Å². The zero-order valence-corrected chi connectivity index (χ0v) is 36.6. The van der Waals surface area contributed by atoms with E-state index < -0.39 is 5.97 Å². The normalized spacial score (nSPS) is 11.1. The van der Waals surface area contributed by atoms with E-state index >= 15 is 0 Å². The second-order valence-electron chi connectivity index (χ2n) is 16.1. The van der Waals surface area contributed by atoms with Crippen LogP contribution in [0.5, 0.6) is 23.0 Å². The van der Waals surface area contributed by atoms with Crippen molar-refractivity contribution in [2.75, 3.05) is 19.8 Å². The Morgan fingerprint density at radius 1 is 0.464 bits per heavy atom. The first-order valence-corrected chi connectivity index (χ1v) is 23.6. The highest BCUT2D eigenvalue weighted by atomic mass is 16.5. The summed E-state index contributed by atoms with van der Waals surface area (Å²) in [6.45, 7) is 12.4. The number of unbranched alkanes of at least 4 members (excludes halogenated alkanes) is 27. The summed E-state index contributed by atoms with van der Waals surface area (Å²) < 4.78 is 25.2. The van der Waals surface area contributed by atoms with Crippen molar-refractivity contribution in [2.45, 2.75) is 213 Å². The maximum absolute atomic E-state index is 13.6. The largest absolute Gasteiger partial charge is 0.490 e. The third-order valence-corrected chi connectivity index (χ3v) is 10.8. The molecule has 0 radical (unpaired) electrons. The van der Waals surface area contributed by atoms with Crippen molar-refractivity contribution in [1.82, 2.24) is 0 Å². The number of benzene rings is 2. The lowest BCUT2D eigenvalue weighted by molar-refractivity contribution is 0.0733. The highest BCUT2D eigenvalue weighted by Crippen LogP contribution is 2.40. The summed E-state index contributed by atoms with van der Waals surface area (Å²) in [5.74, 6) is 1.81. The van der Waals surface area contributed by atoms with Gasteiger partial charge in [-0.25, -0.2) is 4.79 Å². The summed E-state index contributed by atoms with van der Waals surface area (Å²) in [7, 11) is 0. The van der Waals surface area contributed by atoms with Crippen molar-refractivity contribution in [3.63, 3.8) is 0 Å². The number of esters is 1. The molecule has 318 valence electrons. The number of rotatable bonds is 39. The van der Waals surface area contributed by atoms with Crippen molar-refractivity contribution < 1.29 is 23.7 Å². The molecule has 0 aliphatic heterocycles. The highest BCUT2D eigenvalue weighted by Gasteiger charge is 2.20. The van der Waals surface area contributed by atoms with Crippen LogP contribution in [0.4, 0.5) is 0 Å². The van der Waals surface area contributed by atoms with E-state index in [1.165, 1.54) is 154 Å². The Labute approximate surface area is 345 Å². The molecule has 0 heterocycles. The molecule has 0 unspecified atom stereocenters. The molecule has 0 spiro atoms. The highest BCUT2D eigenvalue weighted by molar-refractivity contribution is 5.92. The molecule has 0 atom stereocenters. The second-order valence-corrected chi connectivity index (χ2v) is 16.1. The van der Waals surface area contributed by atoms with Crippen LogP contribution >= 0.6 is 0 Å². The molecule has 2 aromatic carbocycles. The van der Waals surface area contributed by atoms with Crippen LogP contribution in [-0.2, 0) is 0 Å². The van der Waals surface area contributed by atoms with Gasteiger partial charge >= 0.3 is 5.97 Å². The van der Waals surface area contributed by atoms with Crippen LogP contribution in [0, 0.1) is 0 Å². The fourth-order valence-electron chi connectivity index (χ4n) is 7.20. The molecule has 0 bridgehead atoms. The van der Waals surface area contributed by atoms with Gasteiger partial charge in [-0.15, -0.1) is 0 Å². The molecular weight excluding hydrogens is 693 g/mol. The summed E-state index contributed by atoms with van der Waals surface area (Å²) >= 11 is 0. The van der Waals surface area contributed by atoms with Gasteiger partial charge in [-0.2, -0.15) is 0 Å². The zero-order chi connectivity index (χ0) is 40.2. The first-order valence-electron chi connectivity index (χ1n) is 23.6. The second kappa shape index (κ2) is 35.2. The number of hydrogen-bond donors (Lipinski definition) is 0. The molecule has 5 heteroatoms. The Bertz CT molecular complexity index is 1170. The quantitative estimate of drug-likeness (QED) is 0.0384. The van der Waals surface area contributed by atoms with Crippen LogP contribution in [0.25, 0.3) is 6.08 Å².